The highest BCUT2D eigenvalue weighted by molar-refractivity contribution is 6.30. The van der Waals surface area contributed by atoms with Crippen molar-refractivity contribution in [1.82, 2.24) is 0 Å². The molecule has 0 amide bonds. The van der Waals surface area contributed by atoms with Gasteiger partial charge in [-0.1, -0.05) is 47.5 Å². The van der Waals surface area contributed by atoms with Gasteiger partial charge >= 0.3 is 0 Å². The monoisotopic (exact) mass is 471 g/mol. The molecule has 162 valence electrons. The number of nitrogens with zero attached hydrogens (tertiary/aromatic N) is 1. The Kier molecular flexibility index (Phi) is 6.16. The van der Waals surface area contributed by atoms with E-state index >= 15 is 0 Å². The minimum absolute atomic E-state index is 0.475. The van der Waals surface area contributed by atoms with E-state index in [1.165, 1.54) is 0 Å². The van der Waals surface area contributed by atoms with Crippen LogP contribution in [0.1, 0.15) is 5.56 Å². The Morgan fingerprint density at radius 2 is 1.39 bits per heavy atom. The average Bonchev–Trinajstić information content (AvgIpc) is 2.85. The molecule has 0 fully saturated rings. The van der Waals surface area contributed by atoms with Gasteiger partial charge in [0, 0.05) is 27.1 Å². The highest BCUT2D eigenvalue weighted by Crippen LogP contribution is 2.25. The van der Waals surface area contributed by atoms with Gasteiger partial charge in [-0.3, -0.25) is 0 Å². The molecule has 33 heavy (non-hydrogen) atoms. The number of benzene rings is 4. The Balaban J connectivity index is 1.45. The highest BCUT2D eigenvalue weighted by Gasteiger charge is 2.06. The number of fused-ring (bicyclic) bond motifs is 1. The molecule has 5 heteroatoms. The number of hydrogen-bond donors (Lipinski definition) is 0. The van der Waals surface area contributed by atoms with Crippen LogP contribution >= 0.6 is 23.2 Å². The smallest absolute Gasteiger partial charge is 0.136 e. The van der Waals surface area contributed by atoms with E-state index in [9.17, 15) is 0 Å². The van der Waals surface area contributed by atoms with Crippen LogP contribution in [-0.2, 0) is 6.61 Å². The fraction of sp³-hybridized carbons (Fsp3) is 0.0357. The molecule has 0 saturated carbocycles. The van der Waals surface area contributed by atoms with Gasteiger partial charge in [0.2, 0.25) is 0 Å². The zero-order valence-electron chi connectivity index (χ0n) is 17.5. The Bertz CT molecular complexity index is 1460. The minimum Gasteiger partial charge on any atom is -0.489 e. The first-order valence-electron chi connectivity index (χ1n) is 10.4. The van der Waals surface area contributed by atoms with E-state index in [2.05, 4.69) is 0 Å². The first-order chi connectivity index (χ1) is 16.1. The van der Waals surface area contributed by atoms with Crippen LogP contribution < -0.4 is 10.1 Å². The van der Waals surface area contributed by atoms with Crippen LogP contribution in [0.25, 0.3) is 22.3 Å². The molecule has 0 unspecified atom stereocenters. The van der Waals surface area contributed by atoms with Crippen molar-refractivity contribution in [2.75, 3.05) is 0 Å². The summed E-state index contributed by atoms with van der Waals surface area (Å²) in [5.74, 6) is 1.51. The van der Waals surface area contributed by atoms with Crippen LogP contribution in [-0.4, -0.2) is 0 Å². The van der Waals surface area contributed by atoms with Crippen LogP contribution in [0, 0.1) is 0 Å². The predicted molar refractivity (Wildman–Crippen MR) is 134 cm³/mol. The molecule has 0 atom stereocenters. The van der Waals surface area contributed by atoms with Crippen LogP contribution in [0.2, 0.25) is 10.0 Å². The minimum atomic E-state index is 0.475. The van der Waals surface area contributed by atoms with Crippen LogP contribution in [0.5, 0.6) is 5.75 Å². The fourth-order valence-electron chi connectivity index (χ4n) is 3.47. The standard InChI is InChI=1S/C28H19Cl2NO2/c29-21-9-5-19(6-10-21)18-32-24-15-13-23(14-16-24)31-26-17-28(20-7-11-22(30)12-8-20)33-27-4-2-1-3-25(26)27/h1-17H,18H2. The highest BCUT2D eigenvalue weighted by atomic mass is 35.5. The topological polar surface area (TPSA) is 34.7 Å². The van der Waals surface area contributed by atoms with E-state index in [0.717, 1.165) is 44.7 Å². The molecule has 3 nitrogen and oxygen atoms in total. The molecule has 0 bridgehead atoms. The molecule has 1 aromatic heterocycles. The fourth-order valence-corrected chi connectivity index (χ4v) is 3.72. The van der Waals surface area contributed by atoms with Crippen molar-refractivity contribution in [2.45, 2.75) is 6.61 Å². The van der Waals surface area contributed by atoms with Gasteiger partial charge in [-0.25, -0.2) is 4.99 Å². The third kappa shape index (κ3) is 5.11. The maximum absolute atomic E-state index is 6.14. The average molecular weight is 472 g/mol. The number of hydrogen-bond acceptors (Lipinski definition) is 3. The zero-order valence-corrected chi connectivity index (χ0v) is 19.1. The van der Waals surface area contributed by atoms with Crippen LogP contribution in [0.15, 0.2) is 113 Å². The molecular weight excluding hydrogens is 453 g/mol. The third-order valence-corrected chi connectivity index (χ3v) is 5.69. The van der Waals surface area contributed by atoms with E-state index in [4.69, 9.17) is 37.3 Å². The van der Waals surface area contributed by atoms with Crippen molar-refractivity contribution in [3.8, 4) is 17.1 Å². The molecule has 1 heterocycles. The molecule has 5 rings (SSSR count). The molecule has 0 N–H and O–H groups in total. The van der Waals surface area contributed by atoms with Crippen molar-refractivity contribution in [3.05, 3.63) is 124 Å². The summed E-state index contributed by atoms with van der Waals surface area (Å²) in [7, 11) is 0. The van der Waals surface area contributed by atoms with Gasteiger partial charge in [0.15, 0.2) is 0 Å². The second-order valence-corrected chi connectivity index (χ2v) is 8.39. The summed E-state index contributed by atoms with van der Waals surface area (Å²) in [5.41, 5.74) is 3.59. The molecule has 0 aliphatic heterocycles. The second-order valence-electron chi connectivity index (χ2n) is 7.52. The molecule has 0 radical (unpaired) electrons. The summed E-state index contributed by atoms with van der Waals surface area (Å²) in [6.07, 6.45) is 0. The van der Waals surface area contributed by atoms with E-state index in [-0.39, 0.29) is 0 Å². The molecule has 5 aromatic rings. The molecule has 0 aliphatic carbocycles. The Morgan fingerprint density at radius 1 is 0.727 bits per heavy atom. The molecular formula is C28H19Cl2NO2. The van der Waals surface area contributed by atoms with Crippen molar-refractivity contribution in [3.63, 3.8) is 0 Å². The van der Waals surface area contributed by atoms with Gasteiger partial charge in [-0.15, -0.1) is 0 Å². The summed E-state index contributed by atoms with van der Waals surface area (Å²) in [6, 6.07) is 32.8. The molecule has 0 spiro atoms. The van der Waals surface area contributed by atoms with Gasteiger partial charge in [0.1, 0.15) is 23.7 Å². The SMILES string of the molecule is Clc1ccc(COc2ccc(N=c3cc(-c4ccc(Cl)cc4)oc4ccccc34)cc2)cc1. The van der Waals surface area contributed by atoms with E-state index in [0.29, 0.717) is 16.7 Å². The summed E-state index contributed by atoms with van der Waals surface area (Å²) in [6.45, 7) is 0.475. The lowest BCUT2D eigenvalue weighted by Crippen LogP contribution is -2.03. The third-order valence-electron chi connectivity index (χ3n) is 5.18. The zero-order chi connectivity index (χ0) is 22.6. The van der Waals surface area contributed by atoms with Gasteiger partial charge < -0.3 is 9.15 Å². The summed E-state index contributed by atoms with van der Waals surface area (Å²) in [4.78, 5) is 4.89. The van der Waals surface area contributed by atoms with Crippen molar-refractivity contribution < 1.29 is 9.15 Å². The lowest BCUT2D eigenvalue weighted by molar-refractivity contribution is 0.306. The van der Waals surface area contributed by atoms with Crippen LogP contribution in [0.4, 0.5) is 5.69 Å². The van der Waals surface area contributed by atoms with E-state index in [1.807, 2.05) is 103 Å². The molecule has 4 aromatic carbocycles. The van der Waals surface area contributed by atoms with Gasteiger partial charge in [0.25, 0.3) is 0 Å². The number of halogens is 2. The Hall–Kier alpha value is -3.53. The van der Waals surface area contributed by atoms with E-state index in [1.54, 1.807) is 0 Å². The lowest BCUT2D eigenvalue weighted by Gasteiger charge is -2.07. The van der Waals surface area contributed by atoms with E-state index < -0.39 is 0 Å². The predicted octanol–water partition coefficient (Wildman–Crippen LogP) is 8.22. The van der Waals surface area contributed by atoms with Crippen LogP contribution in [0.3, 0.4) is 0 Å². The number of rotatable bonds is 5. The number of ether oxygens (including phenoxy) is 1. The van der Waals surface area contributed by atoms with Gasteiger partial charge in [-0.2, -0.15) is 0 Å². The van der Waals surface area contributed by atoms with Crippen molar-refractivity contribution in [2.24, 2.45) is 4.99 Å². The maximum Gasteiger partial charge on any atom is 0.136 e. The Labute approximate surface area is 201 Å². The summed E-state index contributed by atoms with van der Waals surface area (Å²) >= 11 is 12.0. The normalized spacial score (nSPS) is 11.6. The summed E-state index contributed by atoms with van der Waals surface area (Å²) in [5, 5.41) is 3.17. The Morgan fingerprint density at radius 3 is 2.12 bits per heavy atom. The quantitative estimate of drug-likeness (QED) is 0.258. The first kappa shape index (κ1) is 21.3. The van der Waals surface area contributed by atoms with Gasteiger partial charge in [0.05, 0.1) is 11.0 Å². The first-order valence-corrected chi connectivity index (χ1v) is 11.2. The lowest BCUT2D eigenvalue weighted by atomic mass is 10.1. The van der Waals surface area contributed by atoms with Gasteiger partial charge in [-0.05, 0) is 78.4 Å². The largest absolute Gasteiger partial charge is 0.489 e. The molecule has 0 saturated heterocycles. The maximum atomic E-state index is 6.14. The summed E-state index contributed by atoms with van der Waals surface area (Å²) < 4.78 is 12.0. The van der Waals surface area contributed by atoms with Crippen molar-refractivity contribution in [1.29, 1.82) is 0 Å². The second kappa shape index (κ2) is 9.53. The molecule has 0 aliphatic rings. The number of para-hydroxylation sites is 1. The van der Waals surface area contributed by atoms with Crippen molar-refractivity contribution >= 4 is 39.9 Å².